The molecule has 0 aromatic heterocycles. The molecule has 0 aliphatic carbocycles. The molecule has 0 amide bonds. The Morgan fingerprint density at radius 1 is 1.38 bits per heavy atom. The third-order valence-electron chi connectivity index (χ3n) is 3.87. The molecule has 1 unspecified atom stereocenters. The van der Waals surface area contributed by atoms with Crippen LogP contribution in [0.4, 0.5) is 0 Å². The summed E-state index contributed by atoms with van der Waals surface area (Å²) in [5, 5.41) is 10.3. The first-order chi connectivity index (χ1) is 11.2. The van der Waals surface area contributed by atoms with Crippen LogP contribution in [0.3, 0.4) is 0 Å². The average Bonchev–Trinajstić information content (AvgIpc) is 2.86. The minimum absolute atomic E-state index is 0.0642. The zero-order valence-electron chi connectivity index (χ0n) is 14.2. The highest BCUT2D eigenvalue weighted by atomic mass is 79.9. The van der Waals surface area contributed by atoms with Gasteiger partial charge in [0.1, 0.15) is 0 Å². The van der Waals surface area contributed by atoms with Gasteiger partial charge in [0.15, 0.2) is 6.29 Å². The summed E-state index contributed by atoms with van der Waals surface area (Å²) < 4.78 is 12.5. The molecule has 1 aromatic rings. The number of rotatable bonds is 4. The summed E-state index contributed by atoms with van der Waals surface area (Å²) >= 11 is 5.02. The Kier molecular flexibility index (Phi) is 5.22. The van der Waals surface area contributed by atoms with Crippen molar-refractivity contribution in [2.75, 3.05) is 26.3 Å². The van der Waals surface area contributed by atoms with Crippen molar-refractivity contribution in [2.24, 2.45) is 21.5 Å². The van der Waals surface area contributed by atoms with Gasteiger partial charge in [0.25, 0.3) is 0 Å². The van der Waals surface area contributed by atoms with E-state index in [1.165, 1.54) is 17.3 Å². The number of halogens is 1. The molecule has 0 bridgehead atoms. The van der Waals surface area contributed by atoms with Gasteiger partial charge in [-0.05, 0) is 24.6 Å². The molecule has 0 saturated carbocycles. The molecular weight excluding hydrogens is 392 g/mol. The monoisotopic (exact) mass is 414 g/mol. The SMILES string of the molecule is Cc1ccc(Br)cc1SC1(N)CN(CC2OCC(C)(C)CO2)N=N1. The molecule has 1 atom stereocenters. The topological polar surface area (TPSA) is 72.4 Å². The van der Waals surface area contributed by atoms with E-state index in [0.717, 1.165) is 9.37 Å². The van der Waals surface area contributed by atoms with Crippen LogP contribution in [0, 0.1) is 12.3 Å². The van der Waals surface area contributed by atoms with Crippen LogP contribution in [0.1, 0.15) is 19.4 Å². The van der Waals surface area contributed by atoms with Crippen LogP contribution < -0.4 is 5.73 Å². The maximum absolute atomic E-state index is 6.41. The fourth-order valence-electron chi connectivity index (χ4n) is 2.50. The first-order valence-electron chi connectivity index (χ1n) is 7.90. The second-order valence-corrected chi connectivity index (χ2v) is 9.38. The number of thioether (sulfide) groups is 1. The van der Waals surface area contributed by atoms with E-state index in [4.69, 9.17) is 15.2 Å². The van der Waals surface area contributed by atoms with E-state index in [2.05, 4.69) is 59.2 Å². The molecule has 0 radical (unpaired) electrons. The van der Waals surface area contributed by atoms with Gasteiger partial charge < -0.3 is 9.47 Å². The fraction of sp³-hybridized carbons (Fsp3) is 0.625. The summed E-state index contributed by atoms with van der Waals surface area (Å²) in [7, 11) is 0. The van der Waals surface area contributed by atoms with Crippen molar-refractivity contribution < 1.29 is 9.47 Å². The van der Waals surface area contributed by atoms with E-state index in [9.17, 15) is 0 Å². The molecule has 2 aliphatic rings. The van der Waals surface area contributed by atoms with E-state index in [1.54, 1.807) is 0 Å². The number of nitrogens with zero attached hydrogens (tertiary/aromatic N) is 3. The highest BCUT2D eigenvalue weighted by Gasteiger charge is 2.37. The van der Waals surface area contributed by atoms with Gasteiger partial charge in [-0.15, -0.1) is 5.11 Å². The number of ether oxygens (including phenoxy) is 2. The van der Waals surface area contributed by atoms with Crippen molar-refractivity contribution >= 4 is 27.7 Å². The van der Waals surface area contributed by atoms with Gasteiger partial charge in [0, 0.05) is 14.8 Å². The van der Waals surface area contributed by atoms with Crippen molar-refractivity contribution in [2.45, 2.75) is 37.0 Å². The molecule has 8 heteroatoms. The third kappa shape index (κ3) is 4.49. The van der Waals surface area contributed by atoms with Crippen LogP contribution in [0.5, 0.6) is 0 Å². The fourth-order valence-corrected chi connectivity index (χ4v) is 4.10. The highest BCUT2D eigenvalue weighted by Crippen LogP contribution is 2.37. The van der Waals surface area contributed by atoms with E-state index >= 15 is 0 Å². The molecule has 3 rings (SSSR count). The lowest BCUT2D eigenvalue weighted by atomic mass is 9.96. The van der Waals surface area contributed by atoms with E-state index in [0.29, 0.717) is 26.3 Å². The Bertz CT molecular complexity index is 633. The maximum atomic E-state index is 6.41. The van der Waals surface area contributed by atoms with Gasteiger partial charge in [-0.2, -0.15) is 0 Å². The molecule has 0 spiro atoms. The molecule has 132 valence electrons. The summed E-state index contributed by atoms with van der Waals surface area (Å²) in [5.41, 5.74) is 7.65. The molecular formula is C16H23BrN4O2S. The van der Waals surface area contributed by atoms with Gasteiger partial charge in [0.2, 0.25) is 4.99 Å². The minimum Gasteiger partial charge on any atom is -0.350 e. The minimum atomic E-state index is -0.792. The number of benzene rings is 1. The third-order valence-corrected chi connectivity index (χ3v) is 5.58. The zero-order chi connectivity index (χ0) is 17.4. The Balaban J connectivity index is 1.57. The van der Waals surface area contributed by atoms with Crippen molar-refractivity contribution in [3.05, 3.63) is 28.2 Å². The first kappa shape index (κ1) is 18.1. The largest absolute Gasteiger partial charge is 0.350 e. The number of aryl methyl sites for hydroxylation is 1. The average molecular weight is 415 g/mol. The molecule has 1 fully saturated rings. The molecule has 2 N–H and O–H groups in total. The second-order valence-electron chi connectivity index (χ2n) is 7.11. The van der Waals surface area contributed by atoms with Gasteiger partial charge in [0.05, 0.1) is 26.3 Å². The van der Waals surface area contributed by atoms with Gasteiger partial charge in [-0.1, -0.05) is 52.8 Å². The van der Waals surface area contributed by atoms with Crippen molar-refractivity contribution in [1.29, 1.82) is 0 Å². The van der Waals surface area contributed by atoms with Crippen LogP contribution >= 0.6 is 27.7 Å². The Hall–Kier alpha value is -0.670. The molecule has 1 aromatic carbocycles. The lowest BCUT2D eigenvalue weighted by Gasteiger charge is -2.35. The van der Waals surface area contributed by atoms with Gasteiger partial charge >= 0.3 is 0 Å². The van der Waals surface area contributed by atoms with Crippen LogP contribution in [-0.2, 0) is 9.47 Å². The predicted molar refractivity (Wildman–Crippen MR) is 97.6 cm³/mol. The molecule has 2 heterocycles. The lowest BCUT2D eigenvalue weighted by Crippen LogP contribution is -2.45. The van der Waals surface area contributed by atoms with Crippen LogP contribution in [0.15, 0.2) is 37.9 Å². The van der Waals surface area contributed by atoms with E-state index < -0.39 is 4.99 Å². The summed E-state index contributed by atoms with van der Waals surface area (Å²) in [6, 6.07) is 6.14. The summed E-state index contributed by atoms with van der Waals surface area (Å²) in [6.07, 6.45) is -0.281. The molecule has 24 heavy (non-hydrogen) atoms. The summed E-state index contributed by atoms with van der Waals surface area (Å²) in [5.74, 6) is 0. The Morgan fingerprint density at radius 2 is 2.08 bits per heavy atom. The van der Waals surface area contributed by atoms with Gasteiger partial charge in [-0.25, -0.2) is 0 Å². The normalized spacial score (nSPS) is 27.0. The smallest absolute Gasteiger partial charge is 0.201 e. The van der Waals surface area contributed by atoms with Crippen LogP contribution in [0.25, 0.3) is 0 Å². The maximum Gasteiger partial charge on any atom is 0.201 e. The Morgan fingerprint density at radius 3 is 2.79 bits per heavy atom. The Labute approximate surface area is 155 Å². The number of nitrogens with two attached hydrogens (primary N) is 1. The second kappa shape index (κ2) is 6.92. The van der Waals surface area contributed by atoms with Crippen molar-refractivity contribution in [3.63, 3.8) is 0 Å². The first-order valence-corrected chi connectivity index (χ1v) is 9.51. The lowest BCUT2D eigenvalue weighted by molar-refractivity contribution is -0.227. The van der Waals surface area contributed by atoms with Crippen molar-refractivity contribution in [3.8, 4) is 0 Å². The van der Waals surface area contributed by atoms with Gasteiger partial charge in [-0.3, -0.25) is 10.7 Å². The van der Waals surface area contributed by atoms with E-state index in [1.807, 2.05) is 11.1 Å². The predicted octanol–water partition coefficient (Wildman–Crippen LogP) is 3.54. The molecule has 1 saturated heterocycles. The van der Waals surface area contributed by atoms with Crippen LogP contribution in [0.2, 0.25) is 0 Å². The summed E-state index contributed by atoms with van der Waals surface area (Å²) in [4.78, 5) is 0.305. The molecule has 2 aliphatic heterocycles. The van der Waals surface area contributed by atoms with E-state index in [-0.39, 0.29) is 11.7 Å². The molecule has 6 nitrogen and oxygen atoms in total. The quantitative estimate of drug-likeness (QED) is 0.762. The summed E-state index contributed by atoms with van der Waals surface area (Å²) in [6.45, 7) is 8.74. The number of hydrogen-bond acceptors (Lipinski definition) is 7. The number of hydrogen-bond donors (Lipinski definition) is 1. The zero-order valence-corrected chi connectivity index (χ0v) is 16.6. The van der Waals surface area contributed by atoms with Crippen molar-refractivity contribution in [1.82, 2.24) is 5.01 Å². The standard InChI is InChI=1S/C16H23BrN4O2S/c1-11-4-5-12(17)6-13(11)24-16(18)8-21(20-19-16)7-14-22-9-15(2,3)10-23-14/h4-6,14H,7-10,18H2,1-3H3. The van der Waals surface area contributed by atoms with Crippen LogP contribution in [-0.4, -0.2) is 42.6 Å². The highest BCUT2D eigenvalue weighted by molar-refractivity contribution is 9.10.